The van der Waals surface area contributed by atoms with Crippen LogP contribution in [0.15, 0.2) is 51.6 Å². The molecule has 1 aromatic carbocycles. The predicted octanol–water partition coefficient (Wildman–Crippen LogP) is 2.96. The zero-order chi connectivity index (χ0) is 17.1. The van der Waals surface area contributed by atoms with Gasteiger partial charge in [-0.3, -0.25) is 9.80 Å². The minimum atomic E-state index is 0.728. The second-order valence-corrected chi connectivity index (χ2v) is 6.39. The van der Waals surface area contributed by atoms with Crippen molar-refractivity contribution in [1.29, 1.82) is 0 Å². The van der Waals surface area contributed by atoms with E-state index in [1.165, 1.54) is 0 Å². The molecule has 25 heavy (non-hydrogen) atoms. The molecular formula is C19H22N4O2. The first-order valence-electron chi connectivity index (χ1n) is 8.62. The third-order valence-corrected chi connectivity index (χ3v) is 4.49. The van der Waals surface area contributed by atoms with Crippen LogP contribution < -0.4 is 0 Å². The van der Waals surface area contributed by atoms with Crippen LogP contribution >= 0.6 is 0 Å². The van der Waals surface area contributed by atoms with Gasteiger partial charge in [0.25, 0.3) is 0 Å². The highest BCUT2D eigenvalue weighted by atomic mass is 16.4. The van der Waals surface area contributed by atoms with Gasteiger partial charge in [0.2, 0.25) is 5.89 Å². The van der Waals surface area contributed by atoms with Crippen LogP contribution in [0.2, 0.25) is 0 Å². The van der Waals surface area contributed by atoms with E-state index in [1.807, 2.05) is 43.5 Å². The lowest BCUT2D eigenvalue weighted by molar-refractivity contribution is 0.109. The first-order valence-corrected chi connectivity index (χ1v) is 8.62. The Balaban J connectivity index is 1.29. The van der Waals surface area contributed by atoms with E-state index in [2.05, 4.69) is 19.8 Å². The number of hydrogen-bond donors (Lipinski definition) is 0. The Morgan fingerprint density at radius 1 is 1.00 bits per heavy atom. The zero-order valence-electron chi connectivity index (χ0n) is 14.4. The maximum atomic E-state index is 5.66. The summed E-state index contributed by atoms with van der Waals surface area (Å²) in [5.74, 6) is 2.44. The fourth-order valence-corrected chi connectivity index (χ4v) is 3.12. The van der Waals surface area contributed by atoms with Crippen LogP contribution in [0, 0.1) is 6.92 Å². The molecule has 1 saturated heterocycles. The third-order valence-electron chi connectivity index (χ3n) is 4.49. The number of rotatable bonds is 5. The Morgan fingerprint density at radius 3 is 2.40 bits per heavy atom. The number of oxazole rings is 2. The maximum Gasteiger partial charge on any atom is 0.208 e. The smallest absolute Gasteiger partial charge is 0.208 e. The molecule has 1 fully saturated rings. The summed E-state index contributed by atoms with van der Waals surface area (Å²) in [6.45, 7) is 7.46. The molecule has 0 N–H and O–H groups in total. The summed E-state index contributed by atoms with van der Waals surface area (Å²) in [7, 11) is 0. The first kappa shape index (κ1) is 16.1. The van der Waals surface area contributed by atoms with E-state index in [9.17, 15) is 0 Å². The van der Waals surface area contributed by atoms with E-state index >= 15 is 0 Å². The topological polar surface area (TPSA) is 58.5 Å². The fraction of sp³-hybridized carbons (Fsp3) is 0.368. The van der Waals surface area contributed by atoms with Crippen molar-refractivity contribution in [3.8, 4) is 11.3 Å². The Bertz CT molecular complexity index is 804. The van der Waals surface area contributed by atoms with Crippen molar-refractivity contribution in [2.75, 3.05) is 26.2 Å². The van der Waals surface area contributed by atoms with Crippen LogP contribution in [0.4, 0.5) is 0 Å². The highest BCUT2D eigenvalue weighted by Gasteiger charge is 2.20. The largest absolute Gasteiger partial charge is 0.447 e. The monoisotopic (exact) mass is 338 g/mol. The van der Waals surface area contributed by atoms with Crippen molar-refractivity contribution in [3.63, 3.8) is 0 Å². The van der Waals surface area contributed by atoms with Gasteiger partial charge in [-0.25, -0.2) is 9.97 Å². The molecule has 3 heterocycles. The Labute approximate surface area is 147 Å². The third kappa shape index (κ3) is 3.97. The lowest BCUT2D eigenvalue weighted by Gasteiger charge is -2.33. The first-order chi connectivity index (χ1) is 12.3. The normalized spacial score (nSPS) is 16.4. The summed E-state index contributed by atoms with van der Waals surface area (Å²) in [5.41, 5.74) is 1.99. The summed E-state index contributed by atoms with van der Waals surface area (Å²) in [6.07, 6.45) is 3.56. The molecule has 0 radical (unpaired) electrons. The van der Waals surface area contributed by atoms with Crippen molar-refractivity contribution < 1.29 is 8.83 Å². The van der Waals surface area contributed by atoms with Gasteiger partial charge >= 0.3 is 0 Å². The van der Waals surface area contributed by atoms with Crippen LogP contribution in [0.3, 0.4) is 0 Å². The molecule has 1 aliphatic rings. The average molecular weight is 338 g/mol. The molecule has 0 atom stereocenters. The summed E-state index contributed by atoms with van der Waals surface area (Å²) in [6, 6.07) is 10.1. The highest BCUT2D eigenvalue weighted by Crippen LogP contribution is 2.19. The molecule has 0 aliphatic carbocycles. The molecule has 0 unspecified atom stereocenters. The van der Waals surface area contributed by atoms with Crippen LogP contribution in [0.25, 0.3) is 11.3 Å². The molecule has 4 rings (SSSR count). The lowest BCUT2D eigenvalue weighted by Crippen LogP contribution is -2.45. The van der Waals surface area contributed by atoms with Crippen LogP contribution in [-0.2, 0) is 13.1 Å². The molecule has 0 amide bonds. The molecule has 1 aliphatic heterocycles. The summed E-state index contributed by atoms with van der Waals surface area (Å²) in [4.78, 5) is 13.5. The number of nitrogens with zero attached hydrogens (tertiary/aromatic N) is 4. The van der Waals surface area contributed by atoms with Crippen LogP contribution in [0.5, 0.6) is 0 Å². The quantitative estimate of drug-likeness (QED) is 0.713. The van der Waals surface area contributed by atoms with Gasteiger partial charge in [0, 0.05) is 38.7 Å². The van der Waals surface area contributed by atoms with Gasteiger partial charge in [-0.05, 0) is 0 Å². The molecule has 130 valence electrons. The SMILES string of the molecule is Cc1ncc(CN2CCN(Cc3nc(-c4ccccc4)co3)CC2)o1. The summed E-state index contributed by atoms with van der Waals surface area (Å²) >= 11 is 0. The molecule has 2 aromatic heterocycles. The van der Waals surface area contributed by atoms with Gasteiger partial charge in [-0.15, -0.1) is 0 Å². The maximum absolute atomic E-state index is 5.66. The van der Waals surface area contributed by atoms with Crippen molar-refractivity contribution in [2.24, 2.45) is 0 Å². The average Bonchev–Trinajstić information content (AvgIpc) is 3.27. The van der Waals surface area contributed by atoms with Crippen LogP contribution in [0.1, 0.15) is 17.5 Å². The minimum absolute atomic E-state index is 0.728. The Kier molecular flexibility index (Phi) is 4.63. The standard InChI is InChI=1S/C19H22N4O2/c1-15-20-11-17(25-15)12-22-7-9-23(10-8-22)13-19-21-18(14-24-19)16-5-3-2-4-6-16/h2-6,11,14H,7-10,12-13H2,1H3. The van der Waals surface area contributed by atoms with E-state index < -0.39 is 0 Å². The van der Waals surface area contributed by atoms with Gasteiger partial charge < -0.3 is 8.83 Å². The van der Waals surface area contributed by atoms with E-state index in [-0.39, 0.29) is 0 Å². The minimum Gasteiger partial charge on any atom is -0.447 e. The number of hydrogen-bond acceptors (Lipinski definition) is 6. The second-order valence-electron chi connectivity index (χ2n) is 6.39. The Hall–Kier alpha value is -2.44. The van der Waals surface area contributed by atoms with E-state index in [0.717, 1.165) is 68.1 Å². The number of aromatic nitrogens is 2. The van der Waals surface area contributed by atoms with E-state index in [1.54, 1.807) is 6.26 Å². The van der Waals surface area contributed by atoms with Gasteiger partial charge in [0.15, 0.2) is 5.89 Å². The van der Waals surface area contributed by atoms with Crippen molar-refractivity contribution in [3.05, 3.63) is 60.3 Å². The molecule has 6 nitrogen and oxygen atoms in total. The second kappa shape index (κ2) is 7.21. The molecule has 0 saturated carbocycles. The van der Waals surface area contributed by atoms with Crippen LogP contribution in [-0.4, -0.2) is 45.9 Å². The van der Waals surface area contributed by atoms with Crippen molar-refractivity contribution in [2.45, 2.75) is 20.0 Å². The predicted molar refractivity (Wildman–Crippen MR) is 93.7 cm³/mol. The Morgan fingerprint density at radius 2 is 1.72 bits per heavy atom. The number of aryl methyl sites for hydroxylation is 1. The van der Waals surface area contributed by atoms with Crippen molar-refractivity contribution >= 4 is 0 Å². The van der Waals surface area contributed by atoms with Gasteiger partial charge in [0.1, 0.15) is 17.7 Å². The molecule has 6 heteroatoms. The zero-order valence-corrected chi connectivity index (χ0v) is 14.4. The fourth-order valence-electron chi connectivity index (χ4n) is 3.12. The number of benzene rings is 1. The van der Waals surface area contributed by atoms with E-state index in [4.69, 9.17) is 8.83 Å². The number of piperazine rings is 1. The molecule has 0 spiro atoms. The molecule has 3 aromatic rings. The summed E-state index contributed by atoms with van der Waals surface area (Å²) < 4.78 is 11.2. The van der Waals surface area contributed by atoms with Gasteiger partial charge in [0.05, 0.1) is 19.3 Å². The molecular weight excluding hydrogens is 316 g/mol. The highest BCUT2D eigenvalue weighted by molar-refractivity contribution is 5.57. The van der Waals surface area contributed by atoms with Gasteiger partial charge in [-0.2, -0.15) is 0 Å². The van der Waals surface area contributed by atoms with Crippen molar-refractivity contribution in [1.82, 2.24) is 19.8 Å². The van der Waals surface area contributed by atoms with Gasteiger partial charge in [-0.1, -0.05) is 30.3 Å². The lowest BCUT2D eigenvalue weighted by atomic mass is 10.2. The summed E-state index contributed by atoms with van der Waals surface area (Å²) in [5, 5.41) is 0. The van der Waals surface area contributed by atoms with E-state index in [0.29, 0.717) is 0 Å². The molecule has 0 bridgehead atoms.